The minimum absolute atomic E-state index is 0.236. The van der Waals surface area contributed by atoms with E-state index in [4.69, 9.17) is 0 Å². The topological polar surface area (TPSA) is 66.5 Å². The van der Waals surface area contributed by atoms with E-state index >= 15 is 0 Å². The van der Waals surface area contributed by atoms with Crippen molar-refractivity contribution < 1.29 is 13.2 Å². The normalized spacial score (nSPS) is 15.4. The minimum Gasteiger partial charge on any atom is -0.352 e. The van der Waals surface area contributed by atoms with E-state index in [-0.39, 0.29) is 10.8 Å². The molecule has 27 heavy (non-hydrogen) atoms. The van der Waals surface area contributed by atoms with Crippen LogP contribution in [0.2, 0.25) is 0 Å². The molecule has 1 saturated heterocycles. The van der Waals surface area contributed by atoms with Crippen LogP contribution in [-0.2, 0) is 16.4 Å². The van der Waals surface area contributed by atoms with Crippen molar-refractivity contribution in [2.24, 2.45) is 0 Å². The fraction of sp³-hybridized carbons (Fsp3) is 0.381. The number of hydrogen-bond acceptors (Lipinski definition) is 3. The number of aryl methyl sites for hydroxylation is 1. The van der Waals surface area contributed by atoms with E-state index in [9.17, 15) is 13.2 Å². The third-order valence-corrected chi connectivity index (χ3v) is 6.97. The molecule has 1 aliphatic rings. The highest BCUT2D eigenvalue weighted by Crippen LogP contribution is 2.24. The van der Waals surface area contributed by atoms with Gasteiger partial charge in [0, 0.05) is 25.2 Å². The number of carbonyl (C=O) groups excluding carboxylic acids is 1. The fourth-order valence-corrected chi connectivity index (χ4v) is 5.10. The number of amides is 1. The highest BCUT2D eigenvalue weighted by atomic mass is 32.2. The summed E-state index contributed by atoms with van der Waals surface area (Å²) in [5.74, 6) is -0.249. The summed E-state index contributed by atoms with van der Waals surface area (Å²) in [5, 5.41) is 2.88. The van der Waals surface area contributed by atoms with Crippen LogP contribution in [0, 0.1) is 6.92 Å². The summed E-state index contributed by atoms with van der Waals surface area (Å²) in [4.78, 5) is 12.7. The largest absolute Gasteiger partial charge is 0.352 e. The van der Waals surface area contributed by atoms with E-state index in [1.807, 2.05) is 30.3 Å². The third-order valence-electron chi connectivity index (χ3n) is 4.93. The molecule has 3 rings (SSSR count). The lowest BCUT2D eigenvalue weighted by Crippen LogP contribution is -2.36. The first-order valence-corrected chi connectivity index (χ1v) is 10.9. The minimum atomic E-state index is -3.56. The quantitative estimate of drug-likeness (QED) is 0.829. The lowest BCUT2D eigenvalue weighted by Gasteiger charge is -2.26. The van der Waals surface area contributed by atoms with Crippen LogP contribution in [0.25, 0.3) is 0 Å². The van der Waals surface area contributed by atoms with E-state index in [2.05, 4.69) is 5.32 Å². The van der Waals surface area contributed by atoms with Crippen LogP contribution >= 0.6 is 0 Å². The zero-order valence-electron chi connectivity index (χ0n) is 15.6. The van der Waals surface area contributed by atoms with E-state index < -0.39 is 10.0 Å². The Morgan fingerprint density at radius 3 is 2.44 bits per heavy atom. The molecule has 0 saturated carbocycles. The number of sulfonamides is 1. The van der Waals surface area contributed by atoms with Crippen molar-refractivity contribution in [2.45, 2.75) is 37.5 Å². The highest BCUT2D eigenvalue weighted by Gasteiger charge is 2.28. The summed E-state index contributed by atoms with van der Waals surface area (Å²) in [6.07, 6.45) is 3.57. The van der Waals surface area contributed by atoms with Crippen LogP contribution in [0.4, 0.5) is 0 Å². The first-order valence-electron chi connectivity index (χ1n) is 9.41. The molecule has 0 bridgehead atoms. The van der Waals surface area contributed by atoms with Gasteiger partial charge in [0.25, 0.3) is 5.91 Å². The molecule has 0 radical (unpaired) electrons. The van der Waals surface area contributed by atoms with Gasteiger partial charge in [-0.2, -0.15) is 4.31 Å². The van der Waals surface area contributed by atoms with Crippen molar-refractivity contribution in [3.05, 3.63) is 65.2 Å². The molecular weight excluding hydrogens is 360 g/mol. The molecule has 1 heterocycles. The second-order valence-corrected chi connectivity index (χ2v) is 8.84. The molecule has 2 aromatic rings. The summed E-state index contributed by atoms with van der Waals surface area (Å²) in [6.45, 7) is 3.38. The van der Waals surface area contributed by atoms with Crippen molar-refractivity contribution in [3.63, 3.8) is 0 Å². The second kappa shape index (κ2) is 8.67. The van der Waals surface area contributed by atoms with Crippen LogP contribution in [-0.4, -0.2) is 38.3 Å². The molecule has 1 amide bonds. The summed E-state index contributed by atoms with van der Waals surface area (Å²) >= 11 is 0. The monoisotopic (exact) mass is 386 g/mol. The van der Waals surface area contributed by atoms with Gasteiger partial charge < -0.3 is 5.32 Å². The van der Waals surface area contributed by atoms with Gasteiger partial charge in [0.15, 0.2) is 0 Å². The number of piperidine rings is 1. The van der Waals surface area contributed by atoms with Gasteiger partial charge in [-0.25, -0.2) is 8.42 Å². The van der Waals surface area contributed by atoms with Crippen LogP contribution in [0.15, 0.2) is 53.4 Å². The first-order chi connectivity index (χ1) is 13.0. The first kappa shape index (κ1) is 19.6. The second-order valence-electron chi connectivity index (χ2n) is 6.94. The van der Waals surface area contributed by atoms with Gasteiger partial charge in [0.05, 0.1) is 4.90 Å². The van der Waals surface area contributed by atoms with E-state index in [1.54, 1.807) is 19.1 Å². The van der Waals surface area contributed by atoms with Crippen LogP contribution in [0.1, 0.15) is 40.7 Å². The van der Waals surface area contributed by atoms with Gasteiger partial charge in [0.1, 0.15) is 0 Å². The maximum atomic E-state index is 13.0. The van der Waals surface area contributed by atoms with Crippen molar-refractivity contribution in [3.8, 4) is 0 Å². The molecule has 1 fully saturated rings. The lowest BCUT2D eigenvalue weighted by molar-refractivity contribution is 0.0954. The zero-order chi connectivity index (χ0) is 19.3. The van der Waals surface area contributed by atoms with Crippen molar-refractivity contribution in [1.29, 1.82) is 0 Å². The molecule has 0 aliphatic carbocycles. The summed E-state index contributed by atoms with van der Waals surface area (Å²) < 4.78 is 27.5. The average molecular weight is 387 g/mol. The summed E-state index contributed by atoms with van der Waals surface area (Å²) in [6, 6.07) is 14.8. The van der Waals surface area contributed by atoms with Gasteiger partial charge in [-0.15, -0.1) is 0 Å². The van der Waals surface area contributed by atoms with Crippen LogP contribution < -0.4 is 5.32 Å². The predicted molar refractivity (Wildman–Crippen MR) is 106 cm³/mol. The Morgan fingerprint density at radius 1 is 1.04 bits per heavy atom. The number of benzene rings is 2. The molecule has 0 unspecified atom stereocenters. The standard InChI is InChI=1S/C21H26N2O3S/c1-17-10-11-19(21(24)22-13-12-18-8-4-2-5-9-18)16-20(17)27(25,26)23-14-6-3-7-15-23/h2,4-5,8-11,16H,3,6-7,12-15H2,1H3,(H,22,24). The van der Waals surface area contributed by atoms with Crippen LogP contribution in [0.3, 0.4) is 0 Å². The molecular formula is C21H26N2O3S. The SMILES string of the molecule is Cc1ccc(C(=O)NCCc2ccccc2)cc1S(=O)(=O)N1CCCCC1. The molecule has 1 aliphatic heterocycles. The smallest absolute Gasteiger partial charge is 0.251 e. The maximum absolute atomic E-state index is 13.0. The molecule has 0 atom stereocenters. The molecule has 0 aromatic heterocycles. The molecule has 1 N–H and O–H groups in total. The van der Waals surface area contributed by atoms with E-state index in [0.717, 1.165) is 31.2 Å². The Kier molecular flexibility index (Phi) is 6.29. The Morgan fingerprint density at radius 2 is 1.74 bits per heavy atom. The summed E-state index contributed by atoms with van der Waals surface area (Å²) in [5.41, 5.74) is 2.20. The average Bonchev–Trinajstić information content (AvgIpc) is 2.69. The van der Waals surface area contributed by atoms with Gasteiger partial charge in [0.2, 0.25) is 10.0 Å². The highest BCUT2D eigenvalue weighted by molar-refractivity contribution is 7.89. The third kappa shape index (κ3) is 4.76. The van der Waals surface area contributed by atoms with Crippen molar-refractivity contribution >= 4 is 15.9 Å². The van der Waals surface area contributed by atoms with Gasteiger partial charge in [-0.3, -0.25) is 4.79 Å². The fourth-order valence-electron chi connectivity index (χ4n) is 3.33. The molecule has 5 nitrogen and oxygen atoms in total. The Labute approximate surface area is 161 Å². The Hall–Kier alpha value is -2.18. The van der Waals surface area contributed by atoms with Gasteiger partial charge in [-0.05, 0) is 49.4 Å². The number of carbonyl (C=O) groups is 1. The number of nitrogens with zero attached hydrogens (tertiary/aromatic N) is 1. The molecule has 2 aromatic carbocycles. The van der Waals surface area contributed by atoms with Crippen molar-refractivity contribution in [1.82, 2.24) is 9.62 Å². The van der Waals surface area contributed by atoms with Crippen LogP contribution in [0.5, 0.6) is 0 Å². The number of rotatable bonds is 6. The lowest BCUT2D eigenvalue weighted by atomic mass is 10.1. The molecule has 144 valence electrons. The van der Waals surface area contributed by atoms with E-state index in [0.29, 0.717) is 30.8 Å². The molecule has 0 spiro atoms. The van der Waals surface area contributed by atoms with Gasteiger partial charge >= 0.3 is 0 Å². The summed E-state index contributed by atoms with van der Waals surface area (Å²) in [7, 11) is -3.56. The number of nitrogens with one attached hydrogen (secondary N) is 1. The predicted octanol–water partition coefficient (Wildman–Crippen LogP) is 3.14. The zero-order valence-corrected chi connectivity index (χ0v) is 16.5. The maximum Gasteiger partial charge on any atom is 0.251 e. The van der Waals surface area contributed by atoms with E-state index in [1.165, 1.54) is 10.4 Å². The Bertz CT molecular complexity index is 889. The number of hydrogen-bond donors (Lipinski definition) is 1. The van der Waals surface area contributed by atoms with Crippen molar-refractivity contribution in [2.75, 3.05) is 19.6 Å². The van der Waals surface area contributed by atoms with Gasteiger partial charge in [-0.1, -0.05) is 42.8 Å². The Balaban J connectivity index is 1.71. The molecule has 6 heteroatoms.